The van der Waals surface area contributed by atoms with Crippen LogP contribution in [0.2, 0.25) is 0 Å². The Balaban J connectivity index is 2.17. The van der Waals surface area contributed by atoms with Crippen molar-refractivity contribution in [2.75, 3.05) is 13.1 Å². The quantitative estimate of drug-likeness (QED) is 0.853. The number of halogens is 2. The molecule has 0 aliphatic carbocycles. The molecule has 0 saturated carbocycles. The van der Waals surface area contributed by atoms with Crippen LogP contribution in [0.1, 0.15) is 30.9 Å². The molecule has 1 fully saturated rings. The molecule has 1 aliphatic rings. The van der Waals surface area contributed by atoms with E-state index in [1.165, 1.54) is 0 Å². The van der Waals surface area contributed by atoms with E-state index in [-0.39, 0.29) is 5.56 Å². The molecule has 0 radical (unpaired) electrons. The second-order valence-corrected chi connectivity index (χ2v) is 4.72. The minimum absolute atomic E-state index is 0.156. The van der Waals surface area contributed by atoms with E-state index in [9.17, 15) is 8.78 Å². The molecule has 94 valence electrons. The Morgan fingerprint density at radius 1 is 1.29 bits per heavy atom. The Bertz CT molecular complexity index is 353. The molecular weight excluding hydrogens is 220 g/mol. The van der Waals surface area contributed by atoms with E-state index in [4.69, 9.17) is 0 Å². The first-order valence-electron chi connectivity index (χ1n) is 6.32. The number of aryl methyl sites for hydroxylation is 1. The van der Waals surface area contributed by atoms with E-state index in [1.807, 2.05) is 6.92 Å². The number of benzene rings is 1. The first-order valence-corrected chi connectivity index (χ1v) is 6.32. The van der Waals surface area contributed by atoms with Crippen LogP contribution in [-0.4, -0.2) is 13.1 Å². The standard InChI is InChI=1S/C14H19F2N/c1-2-11-5-7-12(8-6-11)14(15,16)13-4-3-9-17-10-13/h5-8,13,17H,2-4,9-10H2,1H3. The van der Waals surface area contributed by atoms with E-state index in [0.717, 1.165) is 24.9 Å². The lowest BCUT2D eigenvalue weighted by Gasteiger charge is -2.30. The second kappa shape index (κ2) is 5.13. The van der Waals surface area contributed by atoms with Crippen molar-refractivity contribution in [2.24, 2.45) is 5.92 Å². The molecule has 1 unspecified atom stereocenters. The van der Waals surface area contributed by atoms with Gasteiger partial charge >= 0.3 is 0 Å². The summed E-state index contributed by atoms with van der Waals surface area (Å²) >= 11 is 0. The molecule has 1 aliphatic heterocycles. The first kappa shape index (κ1) is 12.5. The predicted octanol–water partition coefficient (Wildman–Crippen LogP) is 3.34. The van der Waals surface area contributed by atoms with Gasteiger partial charge in [0.25, 0.3) is 5.92 Å². The Morgan fingerprint density at radius 2 is 2.00 bits per heavy atom. The Morgan fingerprint density at radius 3 is 2.53 bits per heavy atom. The summed E-state index contributed by atoms with van der Waals surface area (Å²) in [7, 11) is 0. The second-order valence-electron chi connectivity index (χ2n) is 4.72. The van der Waals surface area contributed by atoms with Gasteiger partial charge in [-0.1, -0.05) is 31.2 Å². The van der Waals surface area contributed by atoms with Crippen molar-refractivity contribution in [3.05, 3.63) is 35.4 Å². The normalized spacial score (nSPS) is 21.5. The molecule has 1 nitrogen and oxygen atoms in total. The van der Waals surface area contributed by atoms with Crippen molar-refractivity contribution in [1.29, 1.82) is 0 Å². The van der Waals surface area contributed by atoms with Gasteiger partial charge in [-0.15, -0.1) is 0 Å². The fraction of sp³-hybridized carbons (Fsp3) is 0.571. The molecule has 0 bridgehead atoms. The molecule has 1 atom stereocenters. The Labute approximate surface area is 101 Å². The highest BCUT2D eigenvalue weighted by molar-refractivity contribution is 5.26. The lowest BCUT2D eigenvalue weighted by atomic mass is 9.88. The van der Waals surface area contributed by atoms with E-state index >= 15 is 0 Å². The van der Waals surface area contributed by atoms with Gasteiger partial charge < -0.3 is 5.32 Å². The van der Waals surface area contributed by atoms with Gasteiger partial charge in [0.2, 0.25) is 0 Å². The summed E-state index contributed by atoms with van der Waals surface area (Å²) in [5.74, 6) is -3.27. The molecule has 0 aromatic heterocycles. The summed E-state index contributed by atoms with van der Waals surface area (Å²) in [5, 5.41) is 3.05. The van der Waals surface area contributed by atoms with Gasteiger partial charge in [0.15, 0.2) is 0 Å². The van der Waals surface area contributed by atoms with Crippen LogP contribution >= 0.6 is 0 Å². The molecule has 0 spiro atoms. The zero-order valence-corrected chi connectivity index (χ0v) is 10.2. The highest BCUT2D eigenvalue weighted by Crippen LogP contribution is 2.39. The van der Waals surface area contributed by atoms with E-state index in [2.05, 4.69) is 5.32 Å². The fourth-order valence-electron chi connectivity index (χ4n) is 2.36. The number of piperidine rings is 1. The fourth-order valence-corrected chi connectivity index (χ4v) is 2.36. The smallest absolute Gasteiger partial charge is 0.277 e. The summed E-state index contributed by atoms with van der Waals surface area (Å²) < 4.78 is 28.5. The van der Waals surface area contributed by atoms with Crippen molar-refractivity contribution in [3.63, 3.8) is 0 Å². The van der Waals surface area contributed by atoms with Crippen LogP contribution in [-0.2, 0) is 12.3 Å². The van der Waals surface area contributed by atoms with Gasteiger partial charge in [0.1, 0.15) is 0 Å². The SMILES string of the molecule is CCc1ccc(C(F)(F)C2CCCNC2)cc1. The van der Waals surface area contributed by atoms with Crippen molar-refractivity contribution >= 4 is 0 Å². The maximum Gasteiger partial charge on any atom is 0.277 e. The minimum Gasteiger partial charge on any atom is -0.316 e. The maximum atomic E-state index is 14.2. The molecule has 1 N–H and O–H groups in total. The average Bonchev–Trinajstić information content (AvgIpc) is 2.40. The molecular formula is C14H19F2N. The molecule has 1 aromatic carbocycles. The molecule has 0 amide bonds. The van der Waals surface area contributed by atoms with Crippen LogP contribution in [0, 0.1) is 5.92 Å². The summed E-state index contributed by atoms with van der Waals surface area (Å²) in [4.78, 5) is 0. The van der Waals surface area contributed by atoms with E-state index < -0.39 is 11.8 Å². The lowest BCUT2D eigenvalue weighted by Crippen LogP contribution is -2.39. The number of hydrogen-bond donors (Lipinski definition) is 1. The van der Waals surface area contributed by atoms with Crippen molar-refractivity contribution in [2.45, 2.75) is 32.1 Å². The third-order valence-electron chi connectivity index (χ3n) is 3.56. The van der Waals surface area contributed by atoms with E-state index in [0.29, 0.717) is 13.0 Å². The van der Waals surface area contributed by atoms with Crippen LogP contribution in [0.5, 0.6) is 0 Å². The highest BCUT2D eigenvalue weighted by atomic mass is 19.3. The molecule has 17 heavy (non-hydrogen) atoms. The van der Waals surface area contributed by atoms with Gasteiger partial charge in [-0.05, 0) is 31.4 Å². The van der Waals surface area contributed by atoms with Crippen molar-refractivity contribution < 1.29 is 8.78 Å². The Hall–Kier alpha value is -0.960. The summed E-state index contributed by atoms with van der Waals surface area (Å²) in [6.45, 7) is 3.31. The van der Waals surface area contributed by atoms with E-state index in [1.54, 1.807) is 24.3 Å². The zero-order valence-electron chi connectivity index (χ0n) is 10.2. The van der Waals surface area contributed by atoms with Gasteiger partial charge in [-0.2, -0.15) is 0 Å². The number of nitrogens with one attached hydrogen (secondary N) is 1. The molecule has 1 heterocycles. The molecule has 1 saturated heterocycles. The third-order valence-corrected chi connectivity index (χ3v) is 3.56. The van der Waals surface area contributed by atoms with Gasteiger partial charge in [-0.3, -0.25) is 0 Å². The largest absolute Gasteiger partial charge is 0.316 e. The number of alkyl halides is 2. The number of hydrogen-bond acceptors (Lipinski definition) is 1. The lowest BCUT2D eigenvalue weighted by molar-refractivity contribution is -0.0724. The van der Waals surface area contributed by atoms with Crippen molar-refractivity contribution in [1.82, 2.24) is 5.32 Å². The number of rotatable bonds is 3. The first-order chi connectivity index (χ1) is 8.14. The van der Waals surface area contributed by atoms with Gasteiger partial charge in [0, 0.05) is 18.0 Å². The molecule has 2 rings (SSSR count). The van der Waals surface area contributed by atoms with Crippen molar-refractivity contribution in [3.8, 4) is 0 Å². The van der Waals surface area contributed by atoms with Crippen LogP contribution in [0.3, 0.4) is 0 Å². The Kier molecular flexibility index (Phi) is 3.77. The van der Waals surface area contributed by atoms with Crippen LogP contribution in [0.25, 0.3) is 0 Å². The summed E-state index contributed by atoms with van der Waals surface area (Å²) in [5.41, 5.74) is 1.26. The topological polar surface area (TPSA) is 12.0 Å². The monoisotopic (exact) mass is 239 g/mol. The summed E-state index contributed by atoms with van der Waals surface area (Å²) in [6, 6.07) is 6.76. The van der Waals surface area contributed by atoms with Crippen LogP contribution in [0.15, 0.2) is 24.3 Å². The third kappa shape index (κ3) is 2.65. The maximum absolute atomic E-state index is 14.2. The van der Waals surface area contributed by atoms with Crippen LogP contribution in [0.4, 0.5) is 8.78 Å². The van der Waals surface area contributed by atoms with Gasteiger partial charge in [0.05, 0.1) is 0 Å². The predicted molar refractivity (Wildman–Crippen MR) is 65.3 cm³/mol. The zero-order chi connectivity index (χ0) is 12.3. The highest BCUT2D eigenvalue weighted by Gasteiger charge is 2.41. The minimum atomic E-state index is -2.71. The molecule has 3 heteroatoms. The summed E-state index contributed by atoms with van der Waals surface area (Å²) in [6.07, 6.45) is 2.33. The van der Waals surface area contributed by atoms with Crippen LogP contribution < -0.4 is 5.32 Å². The van der Waals surface area contributed by atoms with Gasteiger partial charge in [-0.25, -0.2) is 8.78 Å². The average molecular weight is 239 g/mol. The molecule has 1 aromatic rings.